The smallest absolute Gasteiger partial charge is 0.193 e. The maximum atomic E-state index is 6.03. The molecule has 2 bridgehead atoms. The third-order valence-electron chi connectivity index (χ3n) is 5.40. The molecule has 3 saturated heterocycles. The minimum atomic E-state index is 0.548. The lowest BCUT2D eigenvalue weighted by molar-refractivity contribution is 0.0766. The Bertz CT molecular complexity index is 348. The van der Waals surface area contributed by atoms with Gasteiger partial charge in [0.1, 0.15) is 0 Å². The van der Waals surface area contributed by atoms with Crippen LogP contribution in [0.25, 0.3) is 0 Å². The van der Waals surface area contributed by atoms with Crippen molar-refractivity contribution in [3.05, 3.63) is 0 Å². The van der Waals surface area contributed by atoms with Crippen LogP contribution in [0.1, 0.15) is 32.1 Å². The summed E-state index contributed by atoms with van der Waals surface area (Å²) in [4.78, 5) is 6.95. The molecule has 100 valence electrons. The number of nitrogens with one attached hydrogen (secondary N) is 1. The second-order valence-electron chi connectivity index (χ2n) is 6.34. The molecule has 0 aromatic rings. The van der Waals surface area contributed by atoms with E-state index in [1.54, 1.807) is 0 Å². The highest BCUT2D eigenvalue weighted by atomic mass is 16.5. The van der Waals surface area contributed by atoms with Crippen LogP contribution in [0.2, 0.25) is 0 Å². The van der Waals surface area contributed by atoms with Gasteiger partial charge in [0.2, 0.25) is 0 Å². The number of hydrogen-bond donors (Lipinski definition) is 1. The quantitative estimate of drug-likeness (QED) is 0.561. The first-order valence-electron chi connectivity index (χ1n) is 7.49. The van der Waals surface area contributed by atoms with Crippen molar-refractivity contribution < 1.29 is 4.74 Å². The average Bonchev–Trinajstić information content (AvgIpc) is 2.99. The molecule has 1 N–H and O–H groups in total. The van der Waals surface area contributed by atoms with Gasteiger partial charge in [-0.25, -0.2) is 0 Å². The van der Waals surface area contributed by atoms with Crippen LogP contribution in [0.3, 0.4) is 0 Å². The van der Waals surface area contributed by atoms with Crippen molar-refractivity contribution in [2.75, 3.05) is 20.1 Å². The van der Waals surface area contributed by atoms with Gasteiger partial charge in [0.15, 0.2) is 5.96 Å². The summed E-state index contributed by atoms with van der Waals surface area (Å²) in [6, 6.07) is 0.678. The number of fused-ring (bicyclic) bond motifs is 5. The monoisotopic (exact) mass is 249 g/mol. The van der Waals surface area contributed by atoms with Gasteiger partial charge in [-0.3, -0.25) is 4.99 Å². The second kappa shape index (κ2) is 4.12. The number of rotatable bonds is 1. The van der Waals surface area contributed by atoms with Crippen LogP contribution in [0.15, 0.2) is 4.99 Å². The van der Waals surface area contributed by atoms with Crippen LogP contribution in [-0.2, 0) is 4.74 Å². The average molecular weight is 249 g/mol. The van der Waals surface area contributed by atoms with E-state index < -0.39 is 0 Å². The fraction of sp³-hybridized carbons (Fsp3) is 0.929. The summed E-state index contributed by atoms with van der Waals surface area (Å²) < 4.78 is 6.03. The minimum absolute atomic E-state index is 0.548. The number of hydrogen-bond acceptors (Lipinski definition) is 2. The summed E-state index contributed by atoms with van der Waals surface area (Å²) in [6.07, 6.45) is 7.67. The lowest BCUT2D eigenvalue weighted by atomic mass is 9.82. The Kier molecular flexibility index (Phi) is 2.54. The van der Waals surface area contributed by atoms with Crippen molar-refractivity contribution in [1.82, 2.24) is 10.2 Å². The van der Waals surface area contributed by atoms with Crippen LogP contribution >= 0.6 is 0 Å². The topological polar surface area (TPSA) is 36.9 Å². The van der Waals surface area contributed by atoms with E-state index >= 15 is 0 Å². The van der Waals surface area contributed by atoms with Gasteiger partial charge in [-0.2, -0.15) is 0 Å². The van der Waals surface area contributed by atoms with Crippen LogP contribution in [0.5, 0.6) is 0 Å². The second-order valence-corrected chi connectivity index (χ2v) is 6.34. The van der Waals surface area contributed by atoms with Crippen LogP contribution in [0, 0.1) is 11.8 Å². The van der Waals surface area contributed by atoms with E-state index in [1.807, 2.05) is 7.05 Å². The summed E-state index contributed by atoms with van der Waals surface area (Å²) in [5.74, 6) is 2.67. The molecule has 4 atom stereocenters. The van der Waals surface area contributed by atoms with Gasteiger partial charge in [-0.15, -0.1) is 0 Å². The van der Waals surface area contributed by atoms with Crippen molar-refractivity contribution in [2.45, 2.75) is 50.4 Å². The third-order valence-corrected chi connectivity index (χ3v) is 5.40. The first-order valence-corrected chi connectivity index (χ1v) is 7.49. The van der Waals surface area contributed by atoms with Gasteiger partial charge in [0, 0.05) is 38.0 Å². The molecule has 4 aliphatic rings. The van der Waals surface area contributed by atoms with E-state index in [4.69, 9.17) is 4.74 Å². The van der Waals surface area contributed by atoms with Crippen molar-refractivity contribution >= 4 is 5.96 Å². The van der Waals surface area contributed by atoms with E-state index in [0.29, 0.717) is 18.2 Å². The van der Waals surface area contributed by atoms with Crippen molar-refractivity contribution in [2.24, 2.45) is 16.8 Å². The number of guanidine groups is 1. The molecule has 0 aromatic heterocycles. The van der Waals surface area contributed by atoms with Crippen molar-refractivity contribution in [3.8, 4) is 0 Å². The van der Waals surface area contributed by atoms with E-state index in [0.717, 1.165) is 30.9 Å². The van der Waals surface area contributed by atoms with Crippen LogP contribution in [0.4, 0.5) is 0 Å². The molecule has 18 heavy (non-hydrogen) atoms. The molecule has 3 heterocycles. The van der Waals surface area contributed by atoms with Crippen LogP contribution < -0.4 is 5.32 Å². The van der Waals surface area contributed by atoms with E-state index in [2.05, 4.69) is 15.2 Å². The summed E-state index contributed by atoms with van der Waals surface area (Å²) in [5, 5.41) is 3.62. The van der Waals surface area contributed by atoms with Gasteiger partial charge in [0.05, 0.1) is 12.2 Å². The standard InChI is InChI=1S/C14H23N3O/c1-15-14(16-9-3-2-4-9)17-7-10-11(8-17)13-6-5-12(10)18-13/h9-13H,2-8H2,1H3,(H,15,16). The highest BCUT2D eigenvalue weighted by molar-refractivity contribution is 5.80. The normalized spacial score (nSPS) is 43.2. The lowest BCUT2D eigenvalue weighted by Crippen LogP contribution is -2.48. The Labute approximate surface area is 109 Å². The van der Waals surface area contributed by atoms with Crippen molar-refractivity contribution in [3.63, 3.8) is 0 Å². The molecule has 4 fully saturated rings. The summed E-state index contributed by atoms with van der Waals surface area (Å²) in [7, 11) is 1.92. The summed E-state index contributed by atoms with van der Waals surface area (Å²) in [6.45, 7) is 2.30. The highest BCUT2D eigenvalue weighted by Gasteiger charge is 2.53. The van der Waals surface area contributed by atoms with Gasteiger partial charge in [0.25, 0.3) is 0 Å². The SMILES string of the molecule is CN=C(NC1CCC1)N1CC2C3CCC(O3)C2C1. The Morgan fingerprint density at radius 2 is 1.78 bits per heavy atom. The zero-order valence-electron chi connectivity index (χ0n) is 11.1. The molecule has 0 radical (unpaired) electrons. The number of aliphatic imine (C=N–C) groups is 1. The fourth-order valence-corrected chi connectivity index (χ4v) is 4.17. The van der Waals surface area contributed by atoms with E-state index in [-0.39, 0.29) is 0 Å². The lowest BCUT2D eigenvalue weighted by Gasteiger charge is -2.32. The first-order chi connectivity index (χ1) is 8.85. The molecule has 3 aliphatic heterocycles. The van der Waals surface area contributed by atoms with E-state index in [9.17, 15) is 0 Å². The van der Waals surface area contributed by atoms with Gasteiger partial charge < -0.3 is 15.0 Å². The maximum absolute atomic E-state index is 6.03. The predicted octanol–water partition coefficient (Wildman–Crippen LogP) is 1.22. The molecule has 4 rings (SSSR count). The zero-order valence-corrected chi connectivity index (χ0v) is 11.1. The molecule has 0 aromatic carbocycles. The first kappa shape index (κ1) is 11.1. The highest BCUT2D eigenvalue weighted by Crippen LogP contribution is 2.47. The zero-order chi connectivity index (χ0) is 12.1. The van der Waals surface area contributed by atoms with Gasteiger partial charge in [-0.05, 0) is 32.1 Å². The molecule has 4 heteroatoms. The summed E-state index contributed by atoms with van der Waals surface area (Å²) >= 11 is 0. The molecular formula is C14H23N3O. The number of nitrogens with zero attached hydrogens (tertiary/aromatic N) is 2. The molecular weight excluding hydrogens is 226 g/mol. The number of ether oxygens (including phenoxy) is 1. The number of likely N-dealkylation sites (tertiary alicyclic amines) is 1. The Morgan fingerprint density at radius 1 is 1.11 bits per heavy atom. The summed E-state index contributed by atoms with van der Waals surface area (Å²) in [5.41, 5.74) is 0. The maximum Gasteiger partial charge on any atom is 0.193 e. The largest absolute Gasteiger partial charge is 0.374 e. The van der Waals surface area contributed by atoms with Crippen LogP contribution in [-0.4, -0.2) is 49.2 Å². The molecule has 4 unspecified atom stereocenters. The van der Waals surface area contributed by atoms with E-state index in [1.165, 1.54) is 32.1 Å². The molecule has 1 aliphatic carbocycles. The Hall–Kier alpha value is -0.770. The molecule has 0 spiro atoms. The van der Waals surface area contributed by atoms with Gasteiger partial charge in [-0.1, -0.05) is 0 Å². The minimum Gasteiger partial charge on any atom is -0.374 e. The molecule has 1 saturated carbocycles. The predicted molar refractivity (Wildman–Crippen MR) is 70.6 cm³/mol. The Balaban J connectivity index is 1.43. The van der Waals surface area contributed by atoms with Gasteiger partial charge >= 0.3 is 0 Å². The molecule has 4 nitrogen and oxygen atoms in total. The third kappa shape index (κ3) is 1.58. The van der Waals surface area contributed by atoms with Crippen molar-refractivity contribution in [1.29, 1.82) is 0 Å². The Morgan fingerprint density at radius 3 is 2.28 bits per heavy atom. The fourth-order valence-electron chi connectivity index (χ4n) is 4.17. The molecule has 0 amide bonds.